The molecule has 0 atom stereocenters. The Balaban J connectivity index is 1.75. The van der Waals surface area contributed by atoms with Gasteiger partial charge in [0.05, 0.1) is 40.4 Å². The van der Waals surface area contributed by atoms with Crippen molar-refractivity contribution in [3.8, 4) is 17.2 Å². The fourth-order valence-electron chi connectivity index (χ4n) is 3.20. The molecule has 1 aromatic carbocycles. The van der Waals surface area contributed by atoms with Crippen LogP contribution in [0.3, 0.4) is 0 Å². The van der Waals surface area contributed by atoms with Gasteiger partial charge in [0.25, 0.3) is 5.91 Å². The molecule has 0 spiro atoms. The summed E-state index contributed by atoms with van der Waals surface area (Å²) in [5.41, 5.74) is 5.88. The van der Waals surface area contributed by atoms with Crippen LogP contribution in [0.15, 0.2) is 46.1 Å². The number of nitrogens with zero attached hydrogens (tertiary/aromatic N) is 2. The standard InChI is InChI=1S/C22H25N3O5/c1-14-9-17(15(2)25(14)13-18-7-6-8-30-18)12-23-24-22(26)16-10-19(27-3)21(29-5)20(11-16)28-4/h6-12H,13H2,1-5H3,(H,24,26)/b23-12-. The maximum atomic E-state index is 12.5. The van der Waals surface area contributed by atoms with E-state index >= 15 is 0 Å². The van der Waals surface area contributed by atoms with E-state index in [2.05, 4.69) is 15.1 Å². The minimum atomic E-state index is -0.394. The van der Waals surface area contributed by atoms with E-state index in [1.807, 2.05) is 32.0 Å². The number of rotatable bonds is 8. The Kier molecular flexibility index (Phi) is 6.46. The van der Waals surface area contributed by atoms with Gasteiger partial charge >= 0.3 is 0 Å². The molecule has 2 heterocycles. The van der Waals surface area contributed by atoms with E-state index in [1.165, 1.54) is 21.3 Å². The van der Waals surface area contributed by atoms with E-state index in [0.29, 0.717) is 29.4 Å². The van der Waals surface area contributed by atoms with Crippen molar-refractivity contribution in [1.82, 2.24) is 9.99 Å². The Morgan fingerprint density at radius 1 is 1.13 bits per heavy atom. The zero-order valence-electron chi connectivity index (χ0n) is 17.7. The molecular formula is C22H25N3O5. The van der Waals surface area contributed by atoms with Crippen LogP contribution in [-0.4, -0.2) is 38.0 Å². The van der Waals surface area contributed by atoms with E-state index in [0.717, 1.165) is 22.7 Å². The van der Waals surface area contributed by atoms with E-state index < -0.39 is 5.91 Å². The van der Waals surface area contributed by atoms with Gasteiger partial charge in [-0.1, -0.05) is 0 Å². The molecule has 2 aromatic heterocycles. The van der Waals surface area contributed by atoms with Gasteiger partial charge in [-0.2, -0.15) is 5.10 Å². The van der Waals surface area contributed by atoms with Crippen molar-refractivity contribution in [2.24, 2.45) is 5.10 Å². The Morgan fingerprint density at radius 2 is 1.83 bits per heavy atom. The molecule has 158 valence electrons. The fraction of sp³-hybridized carbons (Fsp3) is 0.273. The number of ether oxygens (including phenoxy) is 3. The molecular weight excluding hydrogens is 386 g/mol. The summed E-state index contributed by atoms with van der Waals surface area (Å²) in [6, 6.07) is 8.95. The first kappa shape index (κ1) is 21.0. The first-order valence-electron chi connectivity index (χ1n) is 9.31. The molecule has 1 amide bonds. The van der Waals surface area contributed by atoms with Crippen LogP contribution in [0, 0.1) is 13.8 Å². The summed E-state index contributed by atoms with van der Waals surface area (Å²) in [6.07, 6.45) is 3.28. The molecule has 0 aliphatic rings. The molecule has 3 aromatic rings. The first-order chi connectivity index (χ1) is 14.5. The van der Waals surface area contributed by atoms with Gasteiger partial charge < -0.3 is 23.2 Å². The average molecular weight is 411 g/mol. The Hall–Kier alpha value is -3.68. The van der Waals surface area contributed by atoms with Gasteiger partial charge in [0.2, 0.25) is 5.75 Å². The molecule has 1 N–H and O–H groups in total. The van der Waals surface area contributed by atoms with E-state index in [1.54, 1.807) is 24.6 Å². The van der Waals surface area contributed by atoms with Crippen molar-refractivity contribution in [2.45, 2.75) is 20.4 Å². The van der Waals surface area contributed by atoms with Crippen molar-refractivity contribution < 1.29 is 23.4 Å². The second kappa shape index (κ2) is 9.21. The maximum Gasteiger partial charge on any atom is 0.271 e. The molecule has 0 unspecified atom stereocenters. The third-order valence-corrected chi connectivity index (χ3v) is 4.80. The van der Waals surface area contributed by atoms with E-state index in [4.69, 9.17) is 18.6 Å². The van der Waals surface area contributed by atoms with Crippen molar-refractivity contribution in [3.05, 3.63) is 64.9 Å². The highest BCUT2D eigenvalue weighted by molar-refractivity contribution is 5.96. The fourth-order valence-corrected chi connectivity index (χ4v) is 3.20. The first-order valence-corrected chi connectivity index (χ1v) is 9.31. The van der Waals surface area contributed by atoms with E-state index in [-0.39, 0.29) is 0 Å². The van der Waals surface area contributed by atoms with Crippen LogP contribution in [0.2, 0.25) is 0 Å². The third-order valence-electron chi connectivity index (χ3n) is 4.80. The highest BCUT2D eigenvalue weighted by Crippen LogP contribution is 2.38. The Labute approximate surface area is 175 Å². The number of aryl methyl sites for hydroxylation is 1. The molecule has 0 fully saturated rings. The lowest BCUT2D eigenvalue weighted by Gasteiger charge is -2.13. The van der Waals surface area contributed by atoms with Crippen LogP contribution in [0.4, 0.5) is 0 Å². The lowest BCUT2D eigenvalue weighted by molar-refractivity contribution is 0.0954. The number of methoxy groups -OCH3 is 3. The molecule has 0 saturated carbocycles. The summed E-state index contributed by atoms with van der Waals surface area (Å²) < 4.78 is 23.4. The predicted octanol–water partition coefficient (Wildman–Crippen LogP) is 3.54. The number of carbonyl (C=O) groups is 1. The van der Waals surface area contributed by atoms with Gasteiger partial charge in [0.15, 0.2) is 11.5 Å². The Bertz CT molecular complexity index is 1030. The van der Waals surface area contributed by atoms with Gasteiger partial charge in [-0.25, -0.2) is 5.43 Å². The molecule has 8 heteroatoms. The molecule has 30 heavy (non-hydrogen) atoms. The minimum absolute atomic E-state index is 0.338. The smallest absolute Gasteiger partial charge is 0.271 e. The van der Waals surface area contributed by atoms with Crippen LogP contribution < -0.4 is 19.6 Å². The van der Waals surface area contributed by atoms with Gasteiger partial charge in [0, 0.05) is 22.5 Å². The molecule has 0 bridgehead atoms. The van der Waals surface area contributed by atoms with Crippen LogP contribution in [0.5, 0.6) is 17.2 Å². The van der Waals surface area contributed by atoms with Crippen LogP contribution >= 0.6 is 0 Å². The summed E-state index contributed by atoms with van der Waals surface area (Å²) in [6.45, 7) is 4.65. The van der Waals surface area contributed by atoms with Crippen LogP contribution in [0.25, 0.3) is 0 Å². The number of benzene rings is 1. The van der Waals surface area contributed by atoms with Gasteiger partial charge in [-0.05, 0) is 44.2 Å². The number of nitrogens with one attached hydrogen (secondary N) is 1. The van der Waals surface area contributed by atoms with Crippen molar-refractivity contribution in [2.75, 3.05) is 21.3 Å². The number of carbonyl (C=O) groups excluding carboxylic acids is 1. The average Bonchev–Trinajstić information content (AvgIpc) is 3.36. The predicted molar refractivity (Wildman–Crippen MR) is 113 cm³/mol. The monoisotopic (exact) mass is 411 g/mol. The van der Waals surface area contributed by atoms with Crippen molar-refractivity contribution in [3.63, 3.8) is 0 Å². The summed E-state index contributed by atoms with van der Waals surface area (Å²) >= 11 is 0. The second-order valence-corrected chi connectivity index (χ2v) is 6.61. The second-order valence-electron chi connectivity index (χ2n) is 6.61. The number of hydrazone groups is 1. The van der Waals surface area contributed by atoms with E-state index in [9.17, 15) is 4.79 Å². The largest absolute Gasteiger partial charge is 0.493 e. The summed E-state index contributed by atoms with van der Waals surface area (Å²) in [5, 5.41) is 4.11. The van der Waals surface area contributed by atoms with Gasteiger partial charge in [-0.3, -0.25) is 4.79 Å². The maximum absolute atomic E-state index is 12.5. The lowest BCUT2D eigenvalue weighted by atomic mass is 10.1. The SMILES string of the molecule is COc1cc(C(=O)N/N=C\c2cc(C)n(Cc3ccco3)c2C)cc(OC)c1OC. The zero-order valence-corrected chi connectivity index (χ0v) is 17.7. The quantitative estimate of drug-likeness (QED) is 0.453. The molecule has 0 radical (unpaired) electrons. The number of hydrogen-bond donors (Lipinski definition) is 1. The number of amides is 1. The number of aromatic nitrogens is 1. The molecule has 0 aliphatic heterocycles. The van der Waals surface area contributed by atoms with Gasteiger partial charge in [-0.15, -0.1) is 0 Å². The number of hydrogen-bond acceptors (Lipinski definition) is 6. The third kappa shape index (κ3) is 4.32. The van der Waals surface area contributed by atoms with Crippen molar-refractivity contribution in [1.29, 1.82) is 0 Å². The highest BCUT2D eigenvalue weighted by Gasteiger charge is 2.17. The van der Waals surface area contributed by atoms with Crippen molar-refractivity contribution >= 4 is 12.1 Å². The highest BCUT2D eigenvalue weighted by atomic mass is 16.5. The molecule has 0 aliphatic carbocycles. The molecule has 8 nitrogen and oxygen atoms in total. The Morgan fingerprint density at radius 3 is 2.40 bits per heavy atom. The summed E-state index contributed by atoms with van der Waals surface area (Å²) in [7, 11) is 4.50. The van der Waals surface area contributed by atoms with Crippen LogP contribution in [-0.2, 0) is 6.54 Å². The van der Waals surface area contributed by atoms with Crippen LogP contribution in [0.1, 0.15) is 33.1 Å². The summed E-state index contributed by atoms with van der Waals surface area (Å²) in [5.74, 6) is 1.69. The number of furan rings is 1. The minimum Gasteiger partial charge on any atom is -0.493 e. The lowest BCUT2D eigenvalue weighted by Crippen LogP contribution is -2.18. The molecule has 0 saturated heterocycles. The topological polar surface area (TPSA) is 87.2 Å². The van der Waals surface area contributed by atoms with Gasteiger partial charge in [0.1, 0.15) is 5.76 Å². The molecule has 3 rings (SSSR count). The summed E-state index contributed by atoms with van der Waals surface area (Å²) in [4.78, 5) is 12.5. The normalized spacial score (nSPS) is 11.0. The zero-order chi connectivity index (χ0) is 21.7.